The predicted molar refractivity (Wildman–Crippen MR) is 104 cm³/mol. The summed E-state index contributed by atoms with van der Waals surface area (Å²) in [5, 5.41) is 21.9. The second-order valence-corrected chi connectivity index (χ2v) is 6.40. The quantitative estimate of drug-likeness (QED) is 0.485. The monoisotopic (exact) mass is 322 g/mol. The largest absolute Gasteiger partial charge is 0.489 e. The van der Waals surface area contributed by atoms with Crippen LogP contribution in [0.15, 0.2) is 78.9 Å². The number of rotatable bonds is 2. The molecule has 0 saturated heterocycles. The molecule has 1 aliphatic rings. The molecule has 0 spiro atoms. The number of fused-ring (bicyclic) bond motifs is 3. The lowest BCUT2D eigenvalue weighted by Crippen LogP contribution is -2.31. The second-order valence-electron chi connectivity index (χ2n) is 6.40. The Morgan fingerprint density at radius 1 is 0.480 bits per heavy atom. The van der Waals surface area contributed by atoms with Gasteiger partial charge in [-0.15, -0.1) is 0 Å². The molecule has 0 radical (unpaired) electrons. The summed E-state index contributed by atoms with van der Waals surface area (Å²) in [4.78, 5) is 0. The molecule has 0 aliphatic heterocycles. The van der Waals surface area contributed by atoms with Crippen molar-refractivity contribution in [2.75, 3.05) is 0 Å². The van der Waals surface area contributed by atoms with Crippen molar-refractivity contribution in [1.82, 2.24) is 0 Å². The van der Waals surface area contributed by atoms with Crippen molar-refractivity contribution in [3.8, 4) is 33.4 Å². The summed E-state index contributed by atoms with van der Waals surface area (Å²) in [7, 11) is -1.49. The van der Waals surface area contributed by atoms with Crippen molar-refractivity contribution in [3.63, 3.8) is 0 Å². The predicted octanol–water partition coefficient (Wildman–Crippen LogP) is 3.83. The maximum atomic E-state index is 9.76. The minimum absolute atomic E-state index is 0.527. The molecule has 0 bridgehead atoms. The third kappa shape index (κ3) is 2.00. The molecule has 1 aliphatic carbocycles. The molecule has 0 saturated carbocycles. The summed E-state index contributed by atoms with van der Waals surface area (Å²) in [6.07, 6.45) is 0. The van der Waals surface area contributed by atoms with Crippen LogP contribution in [-0.4, -0.2) is 17.2 Å². The Morgan fingerprint density at radius 2 is 1.04 bits per heavy atom. The van der Waals surface area contributed by atoms with Crippen LogP contribution in [0.4, 0.5) is 0 Å². The molecule has 5 rings (SSSR count). The molecule has 2 N–H and O–H groups in total. The van der Waals surface area contributed by atoms with E-state index in [2.05, 4.69) is 54.6 Å². The van der Waals surface area contributed by atoms with E-state index in [1.54, 1.807) is 6.07 Å². The maximum Gasteiger partial charge on any atom is 0.489 e. The van der Waals surface area contributed by atoms with Crippen LogP contribution in [-0.2, 0) is 0 Å². The minimum Gasteiger partial charge on any atom is -0.423 e. The summed E-state index contributed by atoms with van der Waals surface area (Å²) in [6.45, 7) is 0. The fourth-order valence-corrected chi connectivity index (χ4v) is 4.01. The number of hydrogen-bond acceptors (Lipinski definition) is 2. The summed E-state index contributed by atoms with van der Waals surface area (Å²) in [6, 6.07) is 26.5. The molecule has 2 nitrogen and oxygen atoms in total. The summed E-state index contributed by atoms with van der Waals surface area (Å²) < 4.78 is 0. The van der Waals surface area contributed by atoms with Gasteiger partial charge in [0.25, 0.3) is 0 Å². The van der Waals surface area contributed by atoms with Gasteiger partial charge < -0.3 is 10.0 Å². The zero-order valence-electron chi connectivity index (χ0n) is 13.5. The molecule has 3 heteroatoms. The van der Waals surface area contributed by atoms with Gasteiger partial charge in [-0.3, -0.25) is 0 Å². The van der Waals surface area contributed by atoms with Gasteiger partial charge in [0.15, 0.2) is 0 Å². The van der Waals surface area contributed by atoms with E-state index in [1.807, 2.05) is 18.2 Å². The van der Waals surface area contributed by atoms with Crippen LogP contribution in [0.3, 0.4) is 0 Å². The molecule has 118 valence electrons. The van der Waals surface area contributed by atoms with Crippen LogP contribution in [0.1, 0.15) is 0 Å². The van der Waals surface area contributed by atoms with E-state index in [0.717, 1.165) is 16.5 Å². The van der Waals surface area contributed by atoms with Crippen LogP contribution in [0.2, 0.25) is 0 Å². The van der Waals surface area contributed by atoms with Crippen LogP contribution >= 0.6 is 0 Å². The lowest BCUT2D eigenvalue weighted by molar-refractivity contribution is 0.426. The molecule has 4 aromatic rings. The summed E-state index contributed by atoms with van der Waals surface area (Å²) in [5.41, 5.74) is 7.42. The van der Waals surface area contributed by atoms with Gasteiger partial charge in [-0.05, 0) is 49.6 Å². The van der Waals surface area contributed by atoms with Gasteiger partial charge in [0.1, 0.15) is 0 Å². The van der Waals surface area contributed by atoms with E-state index in [0.29, 0.717) is 5.46 Å². The smallest absolute Gasteiger partial charge is 0.423 e. The van der Waals surface area contributed by atoms with Crippen molar-refractivity contribution in [1.29, 1.82) is 0 Å². The second kappa shape index (κ2) is 5.31. The first kappa shape index (κ1) is 14.5. The first-order chi connectivity index (χ1) is 12.3. The Morgan fingerprint density at radius 3 is 1.76 bits per heavy atom. The Kier molecular flexibility index (Phi) is 3.08. The molecule has 25 heavy (non-hydrogen) atoms. The van der Waals surface area contributed by atoms with Gasteiger partial charge in [-0.2, -0.15) is 0 Å². The average Bonchev–Trinajstić information content (AvgIpc) is 2.98. The fraction of sp³-hybridized carbons (Fsp3) is 0. The lowest BCUT2D eigenvalue weighted by Gasteiger charge is -2.13. The zero-order valence-corrected chi connectivity index (χ0v) is 13.5. The average molecular weight is 322 g/mol. The van der Waals surface area contributed by atoms with Crippen molar-refractivity contribution in [3.05, 3.63) is 78.9 Å². The van der Waals surface area contributed by atoms with Crippen LogP contribution in [0.5, 0.6) is 0 Å². The van der Waals surface area contributed by atoms with Gasteiger partial charge in [0, 0.05) is 0 Å². The Hall–Kier alpha value is -2.88. The Bertz CT molecular complexity index is 1100. The minimum atomic E-state index is -1.49. The van der Waals surface area contributed by atoms with Crippen molar-refractivity contribution in [2.24, 2.45) is 0 Å². The van der Waals surface area contributed by atoms with Crippen molar-refractivity contribution < 1.29 is 10.0 Å². The SMILES string of the molecule is OB(O)c1ccccc1-c1ccc2c3c(cccc13)-c1ccccc1-2. The molecule has 0 atom stereocenters. The highest BCUT2D eigenvalue weighted by Gasteiger charge is 2.23. The highest BCUT2D eigenvalue weighted by molar-refractivity contribution is 6.60. The van der Waals surface area contributed by atoms with Crippen molar-refractivity contribution in [2.45, 2.75) is 0 Å². The molecule has 0 amide bonds. The molecular formula is C22H15BO2. The van der Waals surface area contributed by atoms with Gasteiger partial charge in [0.2, 0.25) is 0 Å². The maximum absolute atomic E-state index is 9.76. The van der Waals surface area contributed by atoms with Gasteiger partial charge in [-0.1, -0.05) is 78.9 Å². The van der Waals surface area contributed by atoms with Crippen LogP contribution < -0.4 is 5.46 Å². The van der Waals surface area contributed by atoms with E-state index < -0.39 is 7.12 Å². The third-order valence-corrected chi connectivity index (χ3v) is 5.08. The van der Waals surface area contributed by atoms with E-state index in [4.69, 9.17) is 0 Å². The van der Waals surface area contributed by atoms with E-state index >= 15 is 0 Å². The van der Waals surface area contributed by atoms with Gasteiger partial charge in [-0.25, -0.2) is 0 Å². The van der Waals surface area contributed by atoms with E-state index in [1.165, 1.54) is 27.6 Å². The molecular weight excluding hydrogens is 307 g/mol. The van der Waals surface area contributed by atoms with E-state index in [9.17, 15) is 10.0 Å². The fourth-order valence-electron chi connectivity index (χ4n) is 4.01. The molecule has 0 unspecified atom stereocenters. The molecule has 0 heterocycles. The zero-order chi connectivity index (χ0) is 17.0. The Balaban J connectivity index is 1.87. The molecule has 0 aromatic heterocycles. The first-order valence-electron chi connectivity index (χ1n) is 8.36. The lowest BCUT2D eigenvalue weighted by atomic mass is 9.75. The molecule has 0 fully saturated rings. The highest BCUT2D eigenvalue weighted by atomic mass is 16.4. The molecule has 4 aromatic carbocycles. The highest BCUT2D eigenvalue weighted by Crippen LogP contribution is 2.48. The number of benzene rings is 4. The topological polar surface area (TPSA) is 40.5 Å². The standard InChI is InChI=1S/C22H15BO2/c24-23(25)21-11-4-3-8-17(21)16-12-13-20-15-7-2-1-6-14(15)18-9-5-10-19(16)22(18)20/h1-13,24-25H. The van der Waals surface area contributed by atoms with Crippen LogP contribution in [0, 0.1) is 0 Å². The van der Waals surface area contributed by atoms with Gasteiger partial charge >= 0.3 is 7.12 Å². The summed E-state index contributed by atoms with van der Waals surface area (Å²) >= 11 is 0. The normalized spacial score (nSPS) is 11.6. The van der Waals surface area contributed by atoms with E-state index in [-0.39, 0.29) is 0 Å². The Labute approximate surface area is 146 Å². The first-order valence-corrected chi connectivity index (χ1v) is 8.36. The van der Waals surface area contributed by atoms with Gasteiger partial charge in [0.05, 0.1) is 0 Å². The van der Waals surface area contributed by atoms with Crippen LogP contribution in [0.25, 0.3) is 44.2 Å². The van der Waals surface area contributed by atoms with Crippen molar-refractivity contribution >= 4 is 23.4 Å². The third-order valence-electron chi connectivity index (χ3n) is 5.08. The summed E-state index contributed by atoms with van der Waals surface area (Å²) in [5.74, 6) is 0. The number of hydrogen-bond donors (Lipinski definition) is 2.